The summed E-state index contributed by atoms with van der Waals surface area (Å²) in [5.74, 6) is -0.762. The number of primary amides is 1. The van der Waals surface area contributed by atoms with Crippen LogP contribution in [0.15, 0.2) is 55.0 Å². The number of fused-ring (bicyclic) bond motifs is 1. The lowest BCUT2D eigenvalue weighted by Gasteiger charge is -2.04. The molecule has 0 aliphatic heterocycles. The van der Waals surface area contributed by atoms with Crippen LogP contribution in [0.1, 0.15) is 10.5 Å². The lowest BCUT2D eigenvalue weighted by atomic mass is 10.2. The van der Waals surface area contributed by atoms with E-state index < -0.39 is 11.7 Å². The van der Waals surface area contributed by atoms with Crippen LogP contribution in [0.4, 0.5) is 4.39 Å². The molecule has 3 aromatic heterocycles. The first-order chi connectivity index (χ1) is 12.1. The molecule has 2 N–H and O–H groups in total. The van der Waals surface area contributed by atoms with Gasteiger partial charge in [-0.2, -0.15) is 5.10 Å². The molecule has 122 valence electrons. The maximum Gasteiger partial charge on any atom is 0.267 e. The predicted octanol–water partition coefficient (Wildman–Crippen LogP) is 2.12. The van der Waals surface area contributed by atoms with Gasteiger partial charge in [-0.15, -0.1) is 0 Å². The minimum Gasteiger partial charge on any atom is -0.364 e. The summed E-state index contributed by atoms with van der Waals surface area (Å²) in [6, 6.07) is 9.36. The Balaban J connectivity index is 2.06. The van der Waals surface area contributed by atoms with Crippen LogP contribution in [0, 0.1) is 5.82 Å². The van der Waals surface area contributed by atoms with Gasteiger partial charge in [-0.1, -0.05) is 12.1 Å². The standard InChI is InChI=1S/C17H11FN6O/c18-11-4-1-2-5-13(11)24-14-8-12(16(19)25)22-9-10(14)15(23-24)17-20-6-3-7-21-17/h1-9H,(H2,19,25). The third-order valence-electron chi connectivity index (χ3n) is 3.68. The number of aromatic nitrogens is 5. The van der Waals surface area contributed by atoms with E-state index in [0.717, 1.165) is 0 Å². The monoisotopic (exact) mass is 334 g/mol. The van der Waals surface area contributed by atoms with Gasteiger partial charge in [0.1, 0.15) is 22.9 Å². The topological polar surface area (TPSA) is 99.6 Å². The van der Waals surface area contributed by atoms with Gasteiger partial charge in [0.15, 0.2) is 5.82 Å². The summed E-state index contributed by atoms with van der Waals surface area (Å²) < 4.78 is 15.7. The molecule has 0 aliphatic carbocycles. The maximum atomic E-state index is 14.3. The van der Waals surface area contributed by atoms with Crippen LogP contribution in [0.25, 0.3) is 28.1 Å². The molecule has 7 nitrogen and oxygen atoms in total. The first-order valence-corrected chi connectivity index (χ1v) is 7.36. The Bertz CT molecular complexity index is 1090. The summed E-state index contributed by atoms with van der Waals surface area (Å²) in [5, 5.41) is 5.03. The Hall–Kier alpha value is -3.68. The first-order valence-electron chi connectivity index (χ1n) is 7.36. The van der Waals surface area contributed by atoms with E-state index in [1.54, 1.807) is 36.7 Å². The maximum absolute atomic E-state index is 14.3. The third-order valence-corrected chi connectivity index (χ3v) is 3.68. The second-order valence-corrected chi connectivity index (χ2v) is 5.24. The zero-order chi connectivity index (χ0) is 17.4. The predicted molar refractivity (Wildman–Crippen MR) is 88.4 cm³/mol. The highest BCUT2D eigenvalue weighted by Crippen LogP contribution is 2.28. The molecule has 0 bridgehead atoms. The van der Waals surface area contributed by atoms with Gasteiger partial charge in [0.05, 0.1) is 10.9 Å². The second kappa shape index (κ2) is 5.75. The van der Waals surface area contributed by atoms with Crippen LogP contribution in [-0.2, 0) is 0 Å². The molecular weight excluding hydrogens is 323 g/mol. The molecule has 1 aromatic carbocycles. The molecule has 0 unspecified atom stereocenters. The van der Waals surface area contributed by atoms with E-state index in [2.05, 4.69) is 20.1 Å². The quantitative estimate of drug-likeness (QED) is 0.618. The van der Waals surface area contributed by atoms with Gasteiger partial charge in [-0.3, -0.25) is 9.78 Å². The Kier molecular flexibility index (Phi) is 3.42. The largest absolute Gasteiger partial charge is 0.364 e. The van der Waals surface area contributed by atoms with Gasteiger partial charge in [-0.05, 0) is 24.3 Å². The molecule has 0 spiro atoms. The van der Waals surface area contributed by atoms with Crippen molar-refractivity contribution < 1.29 is 9.18 Å². The number of nitrogens with zero attached hydrogens (tertiary/aromatic N) is 5. The summed E-state index contributed by atoms with van der Waals surface area (Å²) in [4.78, 5) is 23.9. The smallest absolute Gasteiger partial charge is 0.267 e. The van der Waals surface area contributed by atoms with Crippen molar-refractivity contribution in [3.05, 3.63) is 66.5 Å². The van der Waals surface area contributed by atoms with Crippen molar-refractivity contribution in [1.82, 2.24) is 24.7 Å². The molecule has 8 heteroatoms. The number of nitrogens with two attached hydrogens (primary N) is 1. The van der Waals surface area contributed by atoms with Crippen molar-refractivity contribution in [3.63, 3.8) is 0 Å². The summed E-state index contributed by atoms with van der Waals surface area (Å²) in [5.41, 5.74) is 6.52. The third kappa shape index (κ3) is 2.49. The highest BCUT2D eigenvalue weighted by atomic mass is 19.1. The molecule has 1 amide bonds. The van der Waals surface area contributed by atoms with Crippen molar-refractivity contribution >= 4 is 16.8 Å². The molecule has 4 rings (SSSR count). The Morgan fingerprint density at radius 3 is 2.56 bits per heavy atom. The number of hydrogen-bond acceptors (Lipinski definition) is 5. The van der Waals surface area contributed by atoms with Gasteiger partial charge in [0.2, 0.25) is 0 Å². The van der Waals surface area contributed by atoms with E-state index in [1.807, 2.05) is 0 Å². The van der Waals surface area contributed by atoms with E-state index in [-0.39, 0.29) is 11.4 Å². The highest BCUT2D eigenvalue weighted by molar-refractivity contribution is 5.98. The van der Waals surface area contributed by atoms with Crippen molar-refractivity contribution in [2.75, 3.05) is 0 Å². The molecule has 0 radical (unpaired) electrons. The number of benzene rings is 1. The number of rotatable bonds is 3. The lowest BCUT2D eigenvalue weighted by Crippen LogP contribution is -2.13. The SMILES string of the molecule is NC(=O)c1cc2c(cn1)c(-c1ncccn1)nn2-c1ccccc1F. The molecule has 25 heavy (non-hydrogen) atoms. The number of carbonyl (C=O) groups excluding carboxylic acids is 1. The van der Waals surface area contributed by atoms with Gasteiger partial charge in [0, 0.05) is 18.6 Å². The number of para-hydroxylation sites is 1. The molecule has 0 aliphatic rings. The summed E-state index contributed by atoms with van der Waals surface area (Å²) in [6.07, 6.45) is 4.63. The van der Waals surface area contributed by atoms with Crippen molar-refractivity contribution in [2.24, 2.45) is 5.73 Å². The van der Waals surface area contributed by atoms with Crippen LogP contribution in [-0.4, -0.2) is 30.6 Å². The van der Waals surface area contributed by atoms with Crippen LogP contribution in [0.2, 0.25) is 0 Å². The molecule has 0 saturated heterocycles. The minimum atomic E-state index is -0.680. The summed E-state index contributed by atoms with van der Waals surface area (Å²) in [6.45, 7) is 0. The second-order valence-electron chi connectivity index (χ2n) is 5.24. The number of carbonyl (C=O) groups is 1. The minimum absolute atomic E-state index is 0.0607. The average Bonchev–Trinajstić information content (AvgIpc) is 3.01. The van der Waals surface area contributed by atoms with Crippen LogP contribution < -0.4 is 5.73 Å². The number of amides is 1. The molecule has 4 aromatic rings. The van der Waals surface area contributed by atoms with Crippen molar-refractivity contribution in [3.8, 4) is 17.2 Å². The molecule has 3 heterocycles. The fraction of sp³-hybridized carbons (Fsp3) is 0. The van der Waals surface area contributed by atoms with Crippen molar-refractivity contribution in [2.45, 2.75) is 0 Å². The van der Waals surface area contributed by atoms with Gasteiger partial charge < -0.3 is 5.73 Å². The Morgan fingerprint density at radius 1 is 1.08 bits per heavy atom. The van der Waals surface area contributed by atoms with E-state index in [1.165, 1.54) is 23.0 Å². The van der Waals surface area contributed by atoms with Gasteiger partial charge in [0.25, 0.3) is 5.91 Å². The molecule has 0 saturated carbocycles. The fourth-order valence-corrected chi connectivity index (χ4v) is 2.54. The highest BCUT2D eigenvalue weighted by Gasteiger charge is 2.19. The molecule has 0 fully saturated rings. The lowest BCUT2D eigenvalue weighted by molar-refractivity contribution is 0.0995. The van der Waals surface area contributed by atoms with E-state index in [0.29, 0.717) is 22.4 Å². The van der Waals surface area contributed by atoms with E-state index in [9.17, 15) is 9.18 Å². The van der Waals surface area contributed by atoms with Crippen LogP contribution >= 0.6 is 0 Å². The van der Waals surface area contributed by atoms with Gasteiger partial charge >= 0.3 is 0 Å². The molecule has 0 atom stereocenters. The van der Waals surface area contributed by atoms with Crippen LogP contribution in [0.5, 0.6) is 0 Å². The van der Waals surface area contributed by atoms with E-state index in [4.69, 9.17) is 5.73 Å². The Morgan fingerprint density at radius 2 is 1.84 bits per heavy atom. The van der Waals surface area contributed by atoms with E-state index >= 15 is 0 Å². The Labute approximate surface area is 141 Å². The number of hydrogen-bond donors (Lipinski definition) is 1. The summed E-state index contributed by atoms with van der Waals surface area (Å²) in [7, 11) is 0. The average molecular weight is 334 g/mol. The van der Waals surface area contributed by atoms with Crippen LogP contribution in [0.3, 0.4) is 0 Å². The van der Waals surface area contributed by atoms with Gasteiger partial charge in [-0.25, -0.2) is 19.0 Å². The number of halogens is 1. The summed E-state index contributed by atoms with van der Waals surface area (Å²) >= 11 is 0. The first kappa shape index (κ1) is 14.9. The normalized spacial score (nSPS) is 10.9. The number of pyridine rings is 1. The molecular formula is C17H11FN6O. The zero-order valence-electron chi connectivity index (χ0n) is 12.8. The fourth-order valence-electron chi connectivity index (χ4n) is 2.54. The zero-order valence-corrected chi connectivity index (χ0v) is 12.8. The van der Waals surface area contributed by atoms with Crippen molar-refractivity contribution in [1.29, 1.82) is 0 Å².